The minimum Gasteiger partial charge on any atom is -0.492 e. The Hall–Kier alpha value is -3.03. The zero-order valence-electron chi connectivity index (χ0n) is 19.3. The Labute approximate surface area is 206 Å². The lowest BCUT2D eigenvalue weighted by molar-refractivity contribution is -0.119. The minimum absolute atomic E-state index is 0.107. The van der Waals surface area contributed by atoms with Crippen LogP contribution in [0.4, 0.5) is 5.69 Å². The number of para-hydroxylation sites is 2. The average Bonchev–Trinajstić information content (AvgIpc) is 2.82. The van der Waals surface area contributed by atoms with Crippen LogP contribution < -0.4 is 14.4 Å². The largest absolute Gasteiger partial charge is 0.492 e. The third-order valence-corrected chi connectivity index (χ3v) is 7.38. The number of amides is 1. The summed E-state index contributed by atoms with van der Waals surface area (Å²) in [6.45, 7) is 4.10. The molecule has 0 aromatic heterocycles. The Balaban J connectivity index is 1.78. The van der Waals surface area contributed by atoms with Gasteiger partial charge < -0.3 is 10.1 Å². The summed E-state index contributed by atoms with van der Waals surface area (Å²) >= 11 is 6.19. The van der Waals surface area contributed by atoms with Crippen LogP contribution in [0.25, 0.3) is 0 Å². The number of nitrogens with zero attached hydrogens (tertiary/aromatic N) is 1. The smallest absolute Gasteiger partial charge is 0.264 e. The lowest BCUT2D eigenvalue weighted by Gasteiger charge is -2.26. The highest BCUT2D eigenvalue weighted by atomic mass is 35.5. The number of ether oxygens (including phenoxy) is 1. The number of halogens is 1. The van der Waals surface area contributed by atoms with Gasteiger partial charge in [0.2, 0.25) is 5.91 Å². The predicted octanol–water partition coefficient (Wildman–Crippen LogP) is 4.99. The van der Waals surface area contributed by atoms with E-state index in [4.69, 9.17) is 16.3 Å². The molecule has 0 radical (unpaired) electrons. The van der Waals surface area contributed by atoms with E-state index in [0.29, 0.717) is 42.5 Å². The summed E-state index contributed by atoms with van der Waals surface area (Å²) in [6.07, 6.45) is 1.38. The first-order valence-corrected chi connectivity index (χ1v) is 13.0. The fourth-order valence-electron chi connectivity index (χ4n) is 3.47. The van der Waals surface area contributed by atoms with E-state index in [2.05, 4.69) is 5.32 Å². The molecule has 8 heteroatoms. The van der Waals surface area contributed by atoms with Gasteiger partial charge in [-0.05, 0) is 62.6 Å². The maximum absolute atomic E-state index is 13.6. The Kier molecular flexibility index (Phi) is 8.96. The topological polar surface area (TPSA) is 75.7 Å². The molecule has 180 valence electrons. The molecule has 1 amide bonds. The van der Waals surface area contributed by atoms with Crippen molar-refractivity contribution in [3.05, 3.63) is 88.9 Å². The number of carbonyl (C=O) groups is 1. The summed E-state index contributed by atoms with van der Waals surface area (Å²) in [5.41, 5.74) is 2.26. The molecule has 0 aliphatic rings. The number of sulfonamides is 1. The number of nitrogens with one attached hydrogen (secondary N) is 1. The van der Waals surface area contributed by atoms with E-state index >= 15 is 0 Å². The van der Waals surface area contributed by atoms with Crippen LogP contribution >= 0.6 is 11.6 Å². The molecule has 3 aromatic rings. The molecule has 0 heterocycles. The molecular weight excluding hydrogens is 472 g/mol. The quantitative estimate of drug-likeness (QED) is 0.376. The molecule has 0 atom stereocenters. The normalized spacial score (nSPS) is 11.1. The number of aryl methyl sites for hydroxylation is 2. The van der Waals surface area contributed by atoms with Crippen molar-refractivity contribution in [2.75, 3.05) is 24.0 Å². The van der Waals surface area contributed by atoms with Crippen LogP contribution in [0.5, 0.6) is 5.75 Å². The second kappa shape index (κ2) is 11.9. The molecule has 1 N–H and O–H groups in total. The first-order chi connectivity index (χ1) is 16.3. The summed E-state index contributed by atoms with van der Waals surface area (Å²) < 4.78 is 33.9. The summed E-state index contributed by atoms with van der Waals surface area (Å²) in [6, 6.07) is 20.9. The molecular formula is C26H29ClN2O4S. The van der Waals surface area contributed by atoms with Crippen molar-refractivity contribution in [1.29, 1.82) is 0 Å². The van der Waals surface area contributed by atoms with Gasteiger partial charge in [-0.15, -0.1) is 0 Å². The molecule has 6 nitrogen and oxygen atoms in total. The predicted molar refractivity (Wildman–Crippen MR) is 136 cm³/mol. The summed E-state index contributed by atoms with van der Waals surface area (Å²) in [5.74, 6) is -0.00615. The number of rotatable bonds is 11. The second-order valence-electron chi connectivity index (χ2n) is 7.77. The molecule has 34 heavy (non-hydrogen) atoms. The van der Waals surface area contributed by atoms with Crippen LogP contribution in [0.3, 0.4) is 0 Å². The summed E-state index contributed by atoms with van der Waals surface area (Å²) in [5, 5.41) is 3.52. The van der Waals surface area contributed by atoms with Crippen LogP contribution in [0.2, 0.25) is 5.02 Å². The van der Waals surface area contributed by atoms with Crippen LogP contribution in [-0.4, -0.2) is 34.0 Å². The van der Waals surface area contributed by atoms with Crippen LogP contribution in [0.1, 0.15) is 24.5 Å². The van der Waals surface area contributed by atoms with Gasteiger partial charge >= 0.3 is 0 Å². The molecule has 0 saturated carbocycles. The van der Waals surface area contributed by atoms with Crippen LogP contribution in [-0.2, 0) is 21.2 Å². The standard InChI is InChI=1S/C26H29ClN2O4S/c1-3-33-25-13-7-6-12-24(25)29(34(31,32)22-16-14-20(2)15-17-22)19-26(30)28-18-8-10-21-9-4-5-11-23(21)27/h4-7,9,11-17H,3,8,10,18-19H2,1-2H3,(H,28,30). The van der Waals surface area contributed by atoms with Gasteiger partial charge in [-0.2, -0.15) is 0 Å². The molecule has 0 aliphatic heterocycles. The van der Waals surface area contributed by atoms with Crippen molar-refractivity contribution in [2.45, 2.75) is 31.6 Å². The lowest BCUT2D eigenvalue weighted by atomic mass is 10.1. The van der Waals surface area contributed by atoms with Crippen molar-refractivity contribution < 1.29 is 17.9 Å². The third kappa shape index (κ3) is 6.52. The fraction of sp³-hybridized carbons (Fsp3) is 0.269. The second-order valence-corrected chi connectivity index (χ2v) is 10.0. The zero-order chi connectivity index (χ0) is 24.6. The summed E-state index contributed by atoms with van der Waals surface area (Å²) in [7, 11) is -4.01. The number of benzene rings is 3. The van der Waals surface area contributed by atoms with Crippen molar-refractivity contribution in [2.24, 2.45) is 0 Å². The van der Waals surface area contributed by atoms with Gasteiger partial charge in [-0.1, -0.05) is 59.6 Å². The number of hydrogen-bond acceptors (Lipinski definition) is 4. The first-order valence-electron chi connectivity index (χ1n) is 11.1. The molecule has 0 fully saturated rings. The Morgan fingerprint density at radius 1 is 1.00 bits per heavy atom. The van der Waals surface area contributed by atoms with Crippen LogP contribution in [0, 0.1) is 6.92 Å². The highest BCUT2D eigenvalue weighted by molar-refractivity contribution is 7.92. The lowest BCUT2D eigenvalue weighted by Crippen LogP contribution is -2.41. The monoisotopic (exact) mass is 500 g/mol. The number of hydrogen-bond donors (Lipinski definition) is 1. The Morgan fingerprint density at radius 3 is 2.38 bits per heavy atom. The van der Waals surface area contributed by atoms with E-state index in [9.17, 15) is 13.2 Å². The van der Waals surface area contributed by atoms with Gasteiger partial charge in [-0.3, -0.25) is 9.10 Å². The fourth-order valence-corrected chi connectivity index (χ4v) is 5.13. The minimum atomic E-state index is -4.01. The SMILES string of the molecule is CCOc1ccccc1N(CC(=O)NCCCc1ccccc1Cl)S(=O)(=O)c1ccc(C)cc1. The molecule has 0 unspecified atom stereocenters. The van der Waals surface area contributed by atoms with Crippen molar-refractivity contribution in [3.63, 3.8) is 0 Å². The van der Waals surface area contributed by atoms with Gasteiger partial charge in [0.1, 0.15) is 12.3 Å². The van der Waals surface area contributed by atoms with E-state index in [-0.39, 0.29) is 11.4 Å². The zero-order valence-corrected chi connectivity index (χ0v) is 20.9. The molecule has 3 rings (SSSR count). The van der Waals surface area contributed by atoms with E-state index in [1.807, 2.05) is 38.1 Å². The molecule has 0 saturated heterocycles. The van der Waals surface area contributed by atoms with Gasteiger partial charge in [-0.25, -0.2) is 8.42 Å². The number of carbonyl (C=O) groups excluding carboxylic acids is 1. The highest BCUT2D eigenvalue weighted by Crippen LogP contribution is 2.32. The van der Waals surface area contributed by atoms with Crippen molar-refractivity contribution in [3.8, 4) is 5.75 Å². The van der Waals surface area contributed by atoms with Gasteiger partial charge in [0.25, 0.3) is 10.0 Å². The van der Waals surface area contributed by atoms with Gasteiger partial charge in [0.05, 0.1) is 17.2 Å². The van der Waals surface area contributed by atoms with Gasteiger partial charge in [0, 0.05) is 11.6 Å². The van der Waals surface area contributed by atoms with E-state index < -0.39 is 15.9 Å². The maximum atomic E-state index is 13.6. The molecule has 3 aromatic carbocycles. The van der Waals surface area contributed by atoms with Gasteiger partial charge in [0.15, 0.2) is 0 Å². The number of anilines is 1. The Bertz CT molecular complexity index is 1210. The maximum Gasteiger partial charge on any atom is 0.264 e. The summed E-state index contributed by atoms with van der Waals surface area (Å²) in [4.78, 5) is 12.9. The molecule has 0 bridgehead atoms. The van der Waals surface area contributed by atoms with E-state index in [1.165, 1.54) is 0 Å². The molecule has 0 aliphatic carbocycles. The van der Waals surface area contributed by atoms with Crippen molar-refractivity contribution in [1.82, 2.24) is 5.32 Å². The van der Waals surface area contributed by atoms with E-state index in [0.717, 1.165) is 15.4 Å². The third-order valence-electron chi connectivity index (χ3n) is 5.23. The average molecular weight is 501 g/mol. The molecule has 0 spiro atoms. The van der Waals surface area contributed by atoms with Crippen LogP contribution in [0.15, 0.2) is 77.7 Å². The Morgan fingerprint density at radius 2 is 1.68 bits per heavy atom. The first kappa shape index (κ1) is 25.6. The highest BCUT2D eigenvalue weighted by Gasteiger charge is 2.29. The van der Waals surface area contributed by atoms with Crippen molar-refractivity contribution >= 4 is 33.2 Å². The van der Waals surface area contributed by atoms with E-state index in [1.54, 1.807) is 48.5 Å².